The van der Waals surface area contributed by atoms with E-state index in [4.69, 9.17) is 0 Å². The van der Waals surface area contributed by atoms with Crippen molar-refractivity contribution in [3.63, 3.8) is 0 Å². The molecule has 0 unspecified atom stereocenters. The molecule has 1 aromatic heterocycles. The number of benzene rings is 1. The van der Waals surface area contributed by atoms with Gasteiger partial charge < -0.3 is 16.0 Å². The molecule has 130 valence electrons. The van der Waals surface area contributed by atoms with Crippen LogP contribution < -0.4 is 16.0 Å². The van der Waals surface area contributed by atoms with Crippen molar-refractivity contribution < 1.29 is 9.59 Å². The third-order valence-corrected chi connectivity index (χ3v) is 4.16. The Balaban J connectivity index is 1.67. The van der Waals surface area contributed by atoms with Crippen LogP contribution in [0.5, 0.6) is 0 Å². The smallest absolute Gasteiger partial charge is 0.274 e. The third-order valence-electron chi connectivity index (χ3n) is 4.16. The van der Waals surface area contributed by atoms with Gasteiger partial charge in [0.05, 0.1) is 0 Å². The first kappa shape index (κ1) is 17.0. The van der Waals surface area contributed by atoms with Gasteiger partial charge in [-0.3, -0.25) is 14.6 Å². The zero-order chi connectivity index (χ0) is 17.6. The maximum absolute atomic E-state index is 12.4. The monoisotopic (exact) mass is 338 g/mol. The summed E-state index contributed by atoms with van der Waals surface area (Å²) in [5.41, 5.74) is 2.51. The average Bonchev–Trinajstić information content (AvgIpc) is 3.08. The Morgan fingerprint density at radius 2 is 1.72 bits per heavy atom. The zero-order valence-electron chi connectivity index (χ0n) is 14.2. The predicted molar refractivity (Wildman–Crippen MR) is 98.8 cm³/mol. The van der Waals surface area contributed by atoms with E-state index in [1.54, 1.807) is 36.5 Å². The summed E-state index contributed by atoms with van der Waals surface area (Å²) in [5.74, 6) is -0.439. The van der Waals surface area contributed by atoms with Crippen molar-refractivity contribution in [3.8, 4) is 0 Å². The molecule has 1 aliphatic carbocycles. The van der Waals surface area contributed by atoms with E-state index >= 15 is 0 Å². The topological polar surface area (TPSA) is 83.1 Å². The van der Waals surface area contributed by atoms with Crippen molar-refractivity contribution in [1.29, 1.82) is 0 Å². The van der Waals surface area contributed by atoms with Crippen LogP contribution in [-0.2, 0) is 4.79 Å². The first-order valence-electron chi connectivity index (χ1n) is 8.52. The molecule has 2 aromatic rings. The minimum absolute atomic E-state index is 0.157. The van der Waals surface area contributed by atoms with Gasteiger partial charge in [0.15, 0.2) is 0 Å². The van der Waals surface area contributed by atoms with Gasteiger partial charge in [-0.1, -0.05) is 18.9 Å². The summed E-state index contributed by atoms with van der Waals surface area (Å²) in [6, 6.07) is 11.1. The van der Waals surface area contributed by atoms with Crippen molar-refractivity contribution in [2.24, 2.45) is 0 Å². The number of carbonyl (C=O) groups is 2. The van der Waals surface area contributed by atoms with Gasteiger partial charge in [-0.2, -0.15) is 0 Å². The van der Waals surface area contributed by atoms with E-state index in [-0.39, 0.29) is 11.8 Å². The second-order valence-corrected chi connectivity index (χ2v) is 6.27. The molecule has 25 heavy (non-hydrogen) atoms. The van der Waals surface area contributed by atoms with Crippen molar-refractivity contribution in [3.05, 3.63) is 48.3 Å². The molecule has 3 rings (SSSR count). The molecule has 0 atom stereocenters. The lowest BCUT2D eigenvalue weighted by Gasteiger charge is -2.14. The molecule has 6 nitrogen and oxygen atoms in total. The SMILES string of the molecule is CC(=O)Nc1cccc(NC(=O)c2cc(NC3CCCC3)ccn2)c1. The fourth-order valence-electron chi connectivity index (χ4n) is 3.02. The lowest BCUT2D eigenvalue weighted by atomic mass is 10.2. The summed E-state index contributed by atoms with van der Waals surface area (Å²) >= 11 is 0. The molecular formula is C19H22N4O2. The highest BCUT2D eigenvalue weighted by atomic mass is 16.2. The lowest BCUT2D eigenvalue weighted by Crippen LogP contribution is -2.17. The fraction of sp³-hybridized carbons (Fsp3) is 0.316. The zero-order valence-corrected chi connectivity index (χ0v) is 14.2. The number of anilines is 3. The highest BCUT2D eigenvalue weighted by molar-refractivity contribution is 6.03. The number of hydrogen-bond acceptors (Lipinski definition) is 4. The van der Waals surface area contributed by atoms with Crippen LogP contribution >= 0.6 is 0 Å². The maximum Gasteiger partial charge on any atom is 0.274 e. The highest BCUT2D eigenvalue weighted by Crippen LogP contribution is 2.22. The number of pyridine rings is 1. The summed E-state index contributed by atoms with van der Waals surface area (Å²) in [6.45, 7) is 1.44. The van der Waals surface area contributed by atoms with Crippen LogP contribution in [0.15, 0.2) is 42.6 Å². The van der Waals surface area contributed by atoms with Crippen LogP contribution in [0.2, 0.25) is 0 Å². The van der Waals surface area contributed by atoms with Crippen molar-refractivity contribution in [2.75, 3.05) is 16.0 Å². The number of carbonyl (C=O) groups excluding carboxylic acids is 2. The summed E-state index contributed by atoms with van der Waals surface area (Å²) in [5, 5.41) is 8.97. The van der Waals surface area contributed by atoms with Gasteiger partial charge in [0.25, 0.3) is 5.91 Å². The third kappa shape index (κ3) is 4.79. The Labute approximate surface area is 147 Å². The standard InChI is InChI=1S/C19H22N4O2/c1-13(24)21-15-7-4-8-16(11-15)23-19(25)18-12-17(9-10-20-18)22-14-5-2-3-6-14/h4,7-12,14H,2-3,5-6H2,1H3,(H,20,22)(H,21,24)(H,23,25). The minimum atomic E-state index is -0.282. The molecule has 1 aromatic carbocycles. The second kappa shape index (κ2) is 7.79. The lowest BCUT2D eigenvalue weighted by molar-refractivity contribution is -0.114. The Bertz CT molecular complexity index is 770. The van der Waals surface area contributed by atoms with Gasteiger partial charge in [-0.25, -0.2) is 0 Å². The van der Waals surface area contributed by atoms with Gasteiger partial charge in [-0.15, -0.1) is 0 Å². The molecule has 1 saturated carbocycles. The number of amides is 2. The van der Waals surface area contributed by atoms with E-state index in [1.807, 2.05) is 6.07 Å². The van der Waals surface area contributed by atoms with Crippen LogP contribution in [0.4, 0.5) is 17.1 Å². The molecule has 0 aliphatic heterocycles. The largest absolute Gasteiger partial charge is 0.382 e. The van der Waals surface area contributed by atoms with Gasteiger partial charge in [-0.05, 0) is 43.2 Å². The predicted octanol–water partition coefficient (Wildman–Crippen LogP) is 3.65. The number of hydrogen-bond donors (Lipinski definition) is 3. The number of rotatable bonds is 5. The molecular weight excluding hydrogens is 316 g/mol. The summed E-state index contributed by atoms with van der Waals surface area (Å²) in [4.78, 5) is 27.7. The maximum atomic E-state index is 12.4. The van der Waals surface area contributed by atoms with Crippen molar-refractivity contribution in [2.45, 2.75) is 38.6 Å². The van der Waals surface area contributed by atoms with Gasteiger partial charge >= 0.3 is 0 Å². The highest BCUT2D eigenvalue weighted by Gasteiger charge is 2.15. The molecule has 0 spiro atoms. The van der Waals surface area contributed by atoms with Crippen LogP contribution in [0.25, 0.3) is 0 Å². The first-order chi connectivity index (χ1) is 12.1. The van der Waals surface area contributed by atoms with E-state index in [2.05, 4.69) is 20.9 Å². The van der Waals surface area contributed by atoms with Crippen LogP contribution in [-0.4, -0.2) is 22.8 Å². The van der Waals surface area contributed by atoms with Crippen molar-refractivity contribution in [1.82, 2.24) is 4.98 Å². The Hall–Kier alpha value is -2.89. The molecule has 1 aliphatic rings. The number of nitrogens with one attached hydrogen (secondary N) is 3. The minimum Gasteiger partial charge on any atom is -0.382 e. The second-order valence-electron chi connectivity index (χ2n) is 6.27. The molecule has 0 radical (unpaired) electrons. The van der Waals surface area contributed by atoms with Gasteiger partial charge in [0, 0.05) is 36.2 Å². The molecule has 0 saturated heterocycles. The Morgan fingerprint density at radius 1 is 1.00 bits per heavy atom. The quantitative estimate of drug-likeness (QED) is 0.777. The van der Waals surface area contributed by atoms with E-state index < -0.39 is 0 Å². The van der Waals surface area contributed by atoms with Crippen LogP contribution in [0.1, 0.15) is 43.1 Å². The van der Waals surface area contributed by atoms with Gasteiger partial charge in [0.1, 0.15) is 5.69 Å². The summed E-state index contributed by atoms with van der Waals surface area (Å²) < 4.78 is 0. The van der Waals surface area contributed by atoms with E-state index in [0.29, 0.717) is 23.1 Å². The van der Waals surface area contributed by atoms with Crippen LogP contribution in [0, 0.1) is 0 Å². The van der Waals surface area contributed by atoms with E-state index in [1.165, 1.54) is 32.6 Å². The molecule has 0 bridgehead atoms. The Morgan fingerprint density at radius 3 is 2.44 bits per heavy atom. The fourth-order valence-corrected chi connectivity index (χ4v) is 3.02. The number of aromatic nitrogens is 1. The van der Waals surface area contributed by atoms with Crippen LogP contribution in [0.3, 0.4) is 0 Å². The summed E-state index contributed by atoms with van der Waals surface area (Å²) in [7, 11) is 0. The average molecular weight is 338 g/mol. The molecule has 6 heteroatoms. The van der Waals surface area contributed by atoms with Gasteiger partial charge in [0.2, 0.25) is 5.91 Å². The first-order valence-corrected chi connectivity index (χ1v) is 8.52. The molecule has 3 N–H and O–H groups in total. The van der Waals surface area contributed by atoms with Crippen molar-refractivity contribution >= 4 is 28.9 Å². The van der Waals surface area contributed by atoms with E-state index in [0.717, 1.165) is 5.69 Å². The number of nitrogens with zero attached hydrogens (tertiary/aromatic N) is 1. The molecule has 1 fully saturated rings. The molecule has 2 amide bonds. The van der Waals surface area contributed by atoms with E-state index in [9.17, 15) is 9.59 Å². The summed E-state index contributed by atoms with van der Waals surface area (Å²) in [6.07, 6.45) is 6.47. The normalized spacial score (nSPS) is 14.1. The Kier molecular flexibility index (Phi) is 5.28. The molecule has 1 heterocycles.